The van der Waals surface area contributed by atoms with Crippen LogP contribution in [0.3, 0.4) is 0 Å². The molecule has 1 aromatic carbocycles. The van der Waals surface area contributed by atoms with E-state index in [0.29, 0.717) is 48.0 Å². The van der Waals surface area contributed by atoms with Crippen LogP contribution in [0.15, 0.2) is 24.3 Å². The zero-order valence-electron chi connectivity index (χ0n) is 22.3. The summed E-state index contributed by atoms with van der Waals surface area (Å²) in [4.78, 5) is 18.4. The maximum Gasteiger partial charge on any atom is 0.407 e. The Hall–Kier alpha value is -3.45. The third-order valence-electron chi connectivity index (χ3n) is 6.54. The summed E-state index contributed by atoms with van der Waals surface area (Å²) in [5, 5.41) is 17.5. The number of pyridine rings is 1. The number of alkyl carbamates (subject to hydrolysis) is 1. The van der Waals surface area contributed by atoms with E-state index in [4.69, 9.17) is 16.3 Å². The molecular formula is C27H31ClF2N6O2. The lowest BCUT2D eigenvalue weighted by Gasteiger charge is -2.29. The molecule has 38 heavy (non-hydrogen) atoms. The van der Waals surface area contributed by atoms with Crippen molar-refractivity contribution in [2.45, 2.75) is 59.5 Å². The molecule has 4 rings (SSSR count). The van der Waals surface area contributed by atoms with Crippen molar-refractivity contribution >= 4 is 29.2 Å². The smallest absolute Gasteiger partial charge is 0.407 e. The molecule has 1 N–H and O–H groups in total. The van der Waals surface area contributed by atoms with Crippen LogP contribution < -0.4 is 10.2 Å². The molecule has 0 spiro atoms. The quantitative estimate of drug-likeness (QED) is 0.418. The van der Waals surface area contributed by atoms with Gasteiger partial charge in [-0.1, -0.05) is 30.7 Å². The molecule has 1 aliphatic rings. The largest absolute Gasteiger partial charge is 0.444 e. The molecular weight excluding hydrogens is 514 g/mol. The molecule has 11 heteroatoms. The number of carbonyl (C=O) groups is 1. The van der Waals surface area contributed by atoms with E-state index >= 15 is 0 Å². The second kappa shape index (κ2) is 9.70. The first-order valence-corrected chi connectivity index (χ1v) is 12.7. The molecule has 202 valence electrons. The number of hydrogen-bond donors (Lipinski definition) is 1. The molecule has 0 unspecified atom stereocenters. The number of nitrogens with zero attached hydrogens (tertiary/aromatic N) is 5. The van der Waals surface area contributed by atoms with Gasteiger partial charge in [0.2, 0.25) is 5.82 Å². The number of aromatic nitrogens is 3. The van der Waals surface area contributed by atoms with Gasteiger partial charge in [0.25, 0.3) is 0 Å². The molecule has 8 nitrogen and oxygen atoms in total. The Bertz CT molecular complexity index is 1440. The maximum atomic E-state index is 14.3. The van der Waals surface area contributed by atoms with Crippen LogP contribution in [0.25, 0.3) is 16.8 Å². The van der Waals surface area contributed by atoms with Crippen LogP contribution >= 0.6 is 11.6 Å². The van der Waals surface area contributed by atoms with Gasteiger partial charge in [-0.05, 0) is 57.4 Å². The summed E-state index contributed by atoms with van der Waals surface area (Å²) < 4.78 is 35.4. The number of benzene rings is 1. The number of rotatable bonds is 5. The Morgan fingerprint density at radius 2 is 2.03 bits per heavy atom. The second-order valence-electron chi connectivity index (χ2n) is 11.2. The van der Waals surface area contributed by atoms with Gasteiger partial charge in [0.15, 0.2) is 5.65 Å². The Kier molecular flexibility index (Phi) is 7.04. The molecule has 1 aliphatic heterocycles. The standard InChI is InChI=1S/C27H31ClF2N6O2/c1-16-19(13-31)21-33-23(27(6,29)30)34-36(21)22(20(16)17-8-7-9-18(28)12-17)35-11-10-26(5,15-35)14-32-24(37)38-25(2,3)4/h7-9,12H,10-11,14-15H2,1-6H3,(H,32,37)/t26-/m0/s1. The second-order valence-corrected chi connectivity index (χ2v) is 11.7. The third kappa shape index (κ3) is 5.53. The van der Waals surface area contributed by atoms with Gasteiger partial charge in [0, 0.05) is 42.6 Å². The lowest BCUT2D eigenvalue weighted by atomic mass is 9.90. The molecule has 0 bridgehead atoms. The van der Waals surface area contributed by atoms with E-state index < -0.39 is 23.4 Å². The van der Waals surface area contributed by atoms with Gasteiger partial charge in [-0.2, -0.15) is 18.6 Å². The first-order valence-electron chi connectivity index (χ1n) is 12.3. The van der Waals surface area contributed by atoms with Gasteiger partial charge in [-0.3, -0.25) is 0 Å². The molecule has 1 atom stereocenters. The highest BCUT2D eigenvalue weighted by Gasteiger charge is 2.39. The molecule has 0 aliphatic carbocycles. The number of fused-ring (bicyclic) bond motifs is 1. The SMILES string of the molecule is Cc1c(-c2cccc(Cl)c2)c(N2CC[C@@](C)(CNC(=O)OC(C)(C)C)C2)n2nc(C(C)(F)F)nc2c1C#N. The van der Waals surface area contributed by atoms with Gasteiger partial charge in [0.1, 0.15) is 23.1 Å². The number of nitriles is 1. The first kappa shape index (κ1) is 27.6. The fraction of sp³-hybridized carbons (Fsp3) is 0.481. The normalized spacial score (nSPS) is 18.1. The monoisotopic (exact) mass is 544 g/mol. The number of carbonyl (C=O) groups excluding carboxylic acids is 1. The molecule has 3 aromatic rings. The van der Waals surface area contributed by atoms with Gasteiger partial charge in [-0.15, -0.1) is 5.10 Å². The zero-order valence-corrected chi connectivity index (χ0v) is 23.1. The summed E-state index contributed by atoms with van der Waals surface area (Å²) in [5.74, 6) is -3.41. The van der Waals surface area contributed by atoms with Crippen molar-refractivity contribution in [3.8, 4) is 17.2 Å². The van der Waals surface area contributed by atoms with E-state index in [1.807, 2.05) is 17.9 Å². The lowest BCUT2D eigenvalue weighted by Crippen LogP contribution is -2.40. The van der Waals surface area contributed by atoms with E-state index in [1.165, 1.54) is 4.52 Å². The molecule has 3 heterocycles. The number of alkyl halides is 2. The lowest BCUT2D eigenvalue weighted by molar-refractivity contribution is 0.00799. The average Bonchev–Trinajstić information content (AvgIpc) is 3.40. The highest BCUT2D eigenvalue weighted by Crippen LogP contribution is 2.42. The number of nitrogens with one attached hydrogen (secondary N) is 1. The number of halogens is 3. The Labute approximate surface area is 225 Å². The average molecular weight is 545 g/mol. The van der Waals surface area contributed by atoms with E-state index in [0.717, 1.165) is 12.5 Å². The molecule has 0 saturated carbocycles. The summed E-state index contributed by atoms with van der Waals surface area (Å²) in [5.41, 5.74) is 1.27. The predicted octanol–water partition coefficient (Wildman–Crippen LogP) is 6.08. The van der Waals surface area contributed by atoms with Crippen molar-refractivity contribution in [3.63, 3.8) is 0 Å². The van der Waals surface area contributed by atoms with Crippen LogP contribution in [0.4, 0.5) is 19.4 Å². The summed E-state index contributed by atoms with van der Waals surface area (Å²) in [6, 6.07) is 9.29. The van der Waals surface area contributed by atoms with Crippen LogP contribution in [-0.2, 0) is 10.7 Å². The van der Waals surface area contributed by atoms with Crippen LogP contribution in [0.2, 0.25) is 5.02 Å². The van der Waals surface area contributed by atoms with Gasteiger partial charge in [0.05, 0.1) is 0 Å². The van der Waals surface area contributed by atoms with Crippen molar-refractivity contribution in [1.29, 1.82) is 5.26 Å². The summed E-state index contributed by atoms with van der Waals surface area (Å²) in [6.45, 7) is 11.4. The summed E-state index contributed by atoms with van der Waals surface area (Å²) >= 11 is 6.31. The van der Waals surface area contributed by atoms with Crippen molar-refractivity contribution in [1.82, 2.24) is 19.9 Å². The molecule has 1 amide bonds. The summed E-state index contributed by atoms with van der Waals surface area (Å²) in [6.07, 6.45) is 0.212. The highest BCUT2D eigenvalue weighted by atomic mass is 35.5. The third-order valence-corrected chi connectivity index (χ3v) is 6.77. The van der Waals surface area contributed by atoms with Gasteiger partial charge >= 0.3 is 12.0 Å². The maximum absolute atomic E-state index is 14.3. The fourth-order valence-electron chi connectivity index (χ4n) is 4.74. The first-order chi connectivity index (χ1) is 17.6. The van der Waals surface area contributed by atoms with Crippen molar-refractivity contribution < 1.29 is 18.3 Å². The minimum Gasteiger partial charge on any atom is -0.444 e. The highest BCUT2D eigenvalue weighted by molar-refractivity contribution is 6.30. The number of ether oxygens (including phenoxy) is 1. The van der Waals surface area contributed by atoms with E-state index in [1.54, 1.807) is 45.9 Å². The van der Waals surface area contributed by atoms with Crippen LogP contribution in [0, 0.1) is 23.7 Å². The predicted molar refractivity (Wildman–Crippen MR) is 142 cm³/mol. The van der Waals surface area contributed by atoms with Crippen LogP contribution in [0.5, 0.6) is 0 Å². The topological polar surface area (TPSA) is 95.6 Å². The van der Waals surface area contributed by atoms with E-state index in [-0.39, 0.29) is 16.6 Å². The molecule has 1 fully saturated rings. The van der Waals surface area contributed by atoms with Crippen molar-refractivity contribution in [2.75, 3.05) is 24.5 Å². The minimum absolute atomic E-state index is 0.0720. The molecule has 0 radical (unpaired) electrons. The van der Waals surface area contributed by atoms with Crippen molar-refractivity contribution in [3.05, 3.63) is 46.2 Å². The van der Waals surface area contributed by atoms with E-state index in [9.17, 15) is 18.8 Å². The molecule has 2 aromatic heterocycles. The van der Waals surface area contributed by atoms with Gasteiger partial charge in [-0.25, -0.2) is 9.78 Å². The zero-order chi connectivity index (χ0) is 28.0. The Balaban J connectivity index is 1.83. The number of anilines is 1. The molecule has 1 saturated heterocycles. The minimum atomic E-state index is -3.29. The van der Waals surface area contributed by atoms with Crippen molar-refractivity contribution in [2.24, 2.45) is 5.41 Å². The summed E-state index contributed by atoms with van der Waals surface area (Å²) in [7, 11) is 0. The van der Waals surface area contributed by atoms with Crippen LogP contribution in [0.1, 0.15) is 58.0 Å². The number of hydrogen-bond acceptors (Lipinski definition) is 6. The van der Waals surface area contributed by atoms with E-state index in [2.05, 4.69) is 21.5 Å². The number of amides is 1. The van der Waals surface area contributed by atoms with Gasteiger partial charge < -0.3 is 15.0 Å². The fourth-order valence-corrected chi connectivity index (χ4v) is 4.93. The Morgan fingerprint density at radius 3 is 2.63 bits per heavy atom. The Morgan fingerprint density at radius 1 is 1.32 bits per heavy atom. The van der Waals surface area contributed by atoms with Crippen LogP contribution in [-0.4, -0.2) is 45.9 Å².